The monoisotopic (exact) mass is 285 g/mol. The third kappa shape index (κ3) is 3.12. The minimum absolute atomic E-state index is 0.0850. The van der Waals surface area contributed by atoms with Crippen molar-refractivity contribution >= 4 is 0 Å². The molecule has 0 nitrogen and oxygen atoms in total. The first-order valence-electron chi connectivity index (χ1n) is 7.78. The Morgan fingerprint density at radius 1 is 0.636 bits per heavy atom. The quantitative estimate of drug-likeness (QED) is 0.585. The van der Waals surface area contributed by atoms with E-state index in [0.717, 1.165) is 6.42 Å². The first-order valence-corrected chi connectivity index (χ1v) is 7.78. The lowest BCUT2D eigenvalue weighted by Crippen LogP contribution is -2.25. The molecule has 0 aliphatic heterocycles. The maximum Gasteiger partial charge on any atom is 0.0209 e. The van der Waals surface area contributed by atoms with Crippen LogP contribution in [0, 0.1) is 6.42 Å². The van der Waals surface area contributed by atoms with E-state index in [1.165, 1.54) is 16.7 Å². The summed E-state index contributed by atoms with van der Waals surface area (Å²) in [5.74, 6) is 0. The summed E-state index contributed by atoms with van der Waals surface area (Å²) >= 11 is 0. The molecule has 0 saturated carbocycles. The van der Waals surface area contributed by atoms with Gasteiger partial charge in [-0.25, -0.2) is 0 Å². The van der Waals surface area contributed by atoms with Crippen molar-refractivity contribution in [3.63, 3.8) is 0 Å². The van der Waals surface area contributed by atoms with Gasteiger partial charge in [-0.05, 0) is 29.5 Å². The van der Waals surface area contributed by atoms with Crippen molar-refractivity contribution in [2.45, 2.75) is 18.8 Å². The molecular formula is C22H21. The summed E-state index contributed by atoms with van der Waals surface area (Å²) in [7, 11) is 0. The van der Waals surface area contributed by atoms with Gasteiger partial charge in [0.15, 0.2) is 0 Å². The van der Waals surface area contributed by atoms with Crippen LogP contribution in [0.4, 0.5) is 0 Å². The summed E-state index contributed by atoms with van der Waals surface area (Å²) in [5.41, 5.74) is 3.92. The molecule has 0 saturated heterocycles. The second-order valence-electron chi connectivity index (χ2n) is 5.83. The minimum Gasteiger partial charge on any atom is -0.0622 e. The fraction of sp³-hybridized carbons (Fsp3) is 0.136. The molecule has 0 unspecified atom stereocenters. The van der Waals surface area contributed by atoms with Crippen molar-refractivity contribution in [2.75, 3.05) is 0 Å². The molecule has 22 heavy (non-hydrogen) atoms. The Bertz CT molecular complexity index is 644. The van der Waals surface area contributed by atoms with E-state index in [9.17, 15) is 0 Å². The highest BCUT2D eigenvalue weighted by molar-refractivity contribution is 5.42. The van der Waals surface area contributed by atoms with Crippen LogP contribution in [0.2, 0.25) is 0 Å². The minimum atomic E-state index is -0.0850. The van der Waals surface area contributed by atoms with Gasteiger partial charge >= 0.3 is 0 Å². The Hall–Kier alpha value is -2.34. The van der Waals surface area contributed by atoms with Crippen LogP contribution in [0.3, 0.4) is 0 Å². The molecule has 3 rings (SSSR count). The van der Waals surface area contributed by atoms with Gasteiger partial charge in [-0.1, -0.05) is 97.9 Å². The predicted octanol–water partition coefficient (Wildman–Crippen LogP) is 5.44. The Morgan fingerprint density at radius 2 is 1.05 bits per heavy atom. The molecule has 1 radical (unpaired) electrons. The van der Waals surface area contributed by atoms with Gasteiger partial charge in [0.05, 0.1) is 0 Å². The topological polar surface area (TPSA) is 0 Å². The Kier molecular flexibility index (Phi) is 4.39. The molecule has 0 N–H and O–H groups in total. The molecule has 0 aliphatic carbocycles. The summed E-state index contributed by atoms with van der Waals surface area (Å²) in [6.45, 7) is 2.31. The molecule has 0 spiro atoms. The summed E-state index contributed by atoms with van der Waals surface area (Å²) in [5, 5.41) is 0. The molecule has 0 heterocycles. The molecule has 0 amide bonds. The van der Waals surface area contributed by atoms with Gasteiger partial charge in [-0.15, -0.1) is 0 Å². The van der Waals surface area contributed by atoms with Crippen LogP contribution in [0.1, 0.15) is 23.6 Å². The molecule has 3 aromatic carbocycles. The smallest absolute Gasteiger partial charge is 0.0209 e. The lowest BCUT2D eigenvalue weighted by atomic mass is 9.72. The van der Waals surface area contributed by atoms with Crippen LogP contribution < -0.4 is 0 Å². The lowest BCUT2D eigenvalue weighted by molar-refractivity contribution is 0.645. The summed E-state index contributed by atoms with van der Waals surface area (Å²) in [6, 6.07) is 32.1. The number of rotatable bonds is 5. The van der Waals surface area contributed by atoms with E-state index in [4.69, 9.17) is 0 Å². The van der Waals surface area contributed by atoms with Gasteiger partial charge in [0.1, 0.15) is 0 Å². The second kappa shape index (κ2) is 6.62. The summed E-state index contributed by atoms with van der Waals surface area (Å²) in [4.78, 5) is 0. The zero-order valence-electron chi connectivity index (χ0n) is 12.9. The first kappa shape index (κ1) is 14.6. The summed E-state index contributed by atoms with van der Waals surface area (Å²) < 4.78 is 0. The highest BCUT2D eigenvalue weighted by atomic mass is 14.3. The van der Waals surface area contributed by atoms with E-state index < -0.39 is 0 Å². The first-order chi connectivity index (χ1) is 10.8. The van der Waals surface area contributed by atoms with Crippen molar-refractivity contribution in [1.82, 2.24) is 0 Å². The molecule has 0 aromatic heterocycles. The zero-order chi connectivity index (χ0) is 15.3. The van der Waals surface area contributed by atoms with Gasteiger partial charge in [0.25, 0.3) is 0 Å². The van der Waals surface area contributed by atoms with Crippen LogP contribution in [-0.4, -0.2) is 0 Å². The maximum atomic E-state index is 2.42. The molecule has 3 aromatic rings. The molecular weight excluding hydrogens is 264 g/mol. The third-order valence-electron chi connectivity index (χ3n) is 4.34. The van der Waals surface area contributed by atoms with Crippen LogP contribution >= 0.6 is 0 Å². The van der Waals surface area contributed by atoms with E-state index in [-0.39, 0.29) is 5.41 Å². The zero-order valence-corrected chi connectivity index (χ0v) is 12.9. The van der Waals surface area contributed by atoms with Gasteiger partial charge in [0, 0.05) is 5.41 Å². The van der Waals surface area contributed by atoms with Crippen LogP contribution in [-0.2, 0) is 11.8 Å². The molecule has 0 heteroatoms. The lowest BCUT2D eigenvalue weighted by Gasteiger charge is -2.31. The van der Waals surface area contributed by atoms with E-state index >= 15 is 0 Å². The average Bonchev–Trinajstić information content (AvgIpc) is 2.62. The maximum absolute atomic E-state index is 2.42. The predicted molar refractivity (Wildman–Crippen MR) is 93.8 cm³/mol. The standard InChI is InChI=1S/C22H21/c1-22(20-13-7-3-8-14-20,21-15-9-4-10-16-21)18-17-19-11-5-2-6-12-19/h2-16,18H,17H2,1H3. The Morgan fingerprint density at radius 3 is 1.50 bits per heavy atom. The van der Waals surface area contributed by atoms with Gasteiger partial charge in [-0.3, -0.25) is 0 Å². The fourth-order valence-electron chi connectivity index (χ4n) is 2.91. The largest absolute Gasteiger partial charge is 0.0622 e. The van der Waals surface area contributed by atoms with Gasteiger partial charge < -0.3 is 0 Å². The van der Waals surface area contributed by atoms with E-state index in [1.807, 2.05) is 0 Å². The highest BCUT2D eigenvalue weighted by Gasteiger charge is 2.28. The molecule has 0 atom stereocenters. The van der Waals surface area contributed by atoms with E-state index in [1.54, 1.807) is 0 Å². The van der Waals surface area contributed by atoms with Crippen molar-refractivity contribution in [3.8, 4) is 0 Å². The van der Waals surface area contributed by atoms with Gasteiger partial charge in [0.2, 0.25) is 0 Å². The Balaban J connectivity index is 1.93. The average molecular weight is 285 g/mol. The highest BCUT2D eigenvalue weighted by Crippen LogP contribution is 2.35. The molecule has 0 bridgehead atoms. The van der Waals surface area contributed by atoms with Crippen molar-refractivity contribution < 1.29 is 0 Å². The molecule has 109 valence electrons. The normalized spacial score (nSPS) is 11.3. The SMILES string of the molecule is CC([CH]Cc1ccccc1)(c1ccccc1)c1ccccc1. The fourth-order valence-corrected chi connectivity index (χ4v) is 2.91. The van der Waals surface area contributed by atoms with Crippen LogP contribution in [0.5, 0.6) is 0 Å². The molecule has 0 aliphatic rings. The Labute approximate surface area is 133 Å². The second-order valence-corrected chi connectivity index (χ2v) is 5.83. The molecule has 0 fully saturated rings. The number of benzene rings is 3. The number of hydrogen-bond acceptors (Lipinski definition) is 0. The van der Waals surface area contributed by atoms with Crippen molar-refractivity contribution in [2.24, 2.45) is 0 Å². The van der Waals surface area contributed by atoms with Gasteiger partial charge in [-0.2, -0.15) is 0 Å². The third-order valence-corrected chi connectivity index (χ3v) is 4.34. The van der Waals surface area contributed by atoms with Crippen molar-refractivity contribution in [3.05, 3.63) is 114 Å². The van der Waals surface area contributed by atoms with E-state index in [0.29, 0.717) is 0 Å². The van der Waals surface area contributed by atoms with Crippen molar-refractivity contribution in [1.29, 1.82) is 0 Å². The van der Waals surface area contributed by atoms with Crippen LogP contribution in [0.15, 0.2) is 91.0 Å². The summed E-state index contributed by atoms with van der Waals surface area (Å²) in [6.07, 6.45) is 3.38. The van der Waals surface area contributed by atoms with E-state index in [2.05, 4.69) is 104 Å². The van der Waals surface area contributed by atoms with Crippen LogP contribution in [0.25, 0.3) is 0 Å². The number of hydrogen-bond donors (Lipinski definition) is 0.